The van der Waals surface area contributed by atoms with Gasteiger partial charge in [-0.05, 0) is 42.8 Å². The molecule has 1 aromatic carbocycles. The number of aromatic amines is 1. The van der Waals surface area contributed by atoms with Crippen molar-refractivity contribution in [1.29, 1.82) is 0 Å². The number of nitrogens with zero attached hydrogens (tertiary/aromatic N) is 2. The Hall–Kier alpha value is -1.69. The van der Waals surface area contributed by atoms with Crippen LogP contribution in [0.15, 0.2) is 33.0 Å². The zero-order chi connectivity index (χ0) is 13.1. The van der Waals surface area contributed by atoms with Crippen molar-refractivity contribution in [2.45, 2.75) is 36.9 Å². The fourth-order valence-electron chi connectivity index (χ4n) is 1.66. The Balaban J connectivity index is 2.31. The molecule has 0 radical (unpaired) electrons. The molecule has 96 valence electrons. The third-order valence-corrected chi connectivity index (χ3v) is 3.62. The summed E-state index contributed by atoms with van der Waals surface area (Å²) in [6, 6.07) is 5.86. The molecule has 0 spiro atoms. The van der Waals surface area contributed by atoms with Crippen LogP contribution in [0.5, 0.6) is 0 Å². The molecule has 0 aliphatic carbocycles. The number of H-pyrrole nitrogens is 1. The van der Waals surface area contributed by atoms with Gasteiger partial charge in [0.1, 0.15) is 0 Å². The second kappa shape index (κ2) is 5.30. The van der Waals surface area contributed by atoms with Gasteiger partial charge in [-0.25, -0.2) is 9.89 Å². The minimum absolute atomic E-state index is 0.176. The summed E-state index contributed by atoms with van der Waals surface area (Å²) in [4.78, 5) is 12.5. The van der Waals surface area contributed by atoms with Gasteiger partial charge in [-0.2, -0.15) is 0 Å². The molecule has 0 unspecified atom stereocenters. The van der Waals surface area contributed by atoms with E-state index in [4.69, 9.17) is 5.73 Å². The number of hydrogen-bond acceptors (Lipinski definition) is 4. The fraction of sp³-hybridized carbons (Fsp3) is 0.333. The summed E-state index contributed by atoms with van der Waals surface area (Å²) in [7, 11) is 0. The Morgan fingerprint density at radius 2 is 2.28 bits per heavy atom. The van der Waals surface area contributed by atoms with E-state index in [2.05, 4.69) is 10.2 Å². The summed E-state index contributed by atoms with van der Waals surface area (Å²) in [5, 5.41) is 7.15. The summed E-state index contributed by atoms with van der Waals surface area (Å²) in [6.45, 7) is 4.67. The van der Waals surface area contributed by atoms with E-state index in [0.717, 1.165) is 16.9 Å². The van der Waals surface area contributed by atoms with Crippen LogP contribution < -0.4 is 11.4 Å². The lowest BCUT2D eigenvalue weighted by molar-refractivity contribution is 0.604. The van der Waals surface area contributed by atoms with E-state index in [1.54, 1.807) is 4.57 Å². The Labute approximate surface area is 109 Å². The Bertz CT molecular complexity index is 602. The van der Waals surface area contributed by atoms with E-state index in [1.165, 1.54) is 11.8 Å². The predicted molar refractivity (Wildman–Crippen MR) is 72.9 cm³/mol. The van der Waals surface area contributed by atoms with E-state index in [1.807, 2.05) is 32.0 Å². The molecule has 5 nitrogen and oxygen atoms in total. The smallest absolute Gasteiger partial charge is 0.343 e. The lowest BCUT2D eigenvalue weighted by Crippen LogP contribution is -2.17. The number of anilines is 1. The van der Waals surface area contributed by atoms with Crippen molar-refractivity contribution in [1.82, 2.24) is 14.8 Å². The van der Waals surface area contributed by atoms with Gasteiger partial charge in [0, 0.05) is 17.1 Å². The van der Waals surface area contributed by atoms with Gasteiger partial charge >= 0.3 is 5.69 Å². The van der Waals surface area contributed by atoms with E-state index >= 15 is 0 Å². The molecule has 0 bridgehead atoms. The quantitative estimate of drug-likeness (QED) is 0.828. The molecular weight excluding hydrogens is 248 g/mol. The number of nitrogens with two attached hydrogens (primary N) is 1. The second-order valence-corrected chi connectivity index (χ2v) is 5.12. The molecular formula is C12H16N4OS. The first-order valence-electron chi connectivity index (χ1n) is 5.81. The third kappa shape index (κ3) is 2.59. The highest BCUT2D eigenvalue weighted by molar-refractivity contribution is 7.99. The second-order valence-electron chi connectivity index (χ2n) is 4.11. The molecule has 0 aliphatic rings. The van der Waals surface area contributed by atoms with E-state index in [9.17, 15) is 4.79 Å². The largest absolute Gasteiger partial charge is 0.398 e. The molecule has 0 saturated heterocycles. The van der Waals surface area contributed by atoms with E-state index < -0.39 is 0 Å². The molecule has 1 aromatic heterocycles. The van der Waals surface area contributed by atoms with Crippen LogP contribution in [0.2, 0.25) is 0 Å². The Morgan fingerprint density at radius 1 is 1.50 bits per heavy atom. The third-order valence-electron chi connectivity index (χ3n) is 2.54. The van der Waals surface area contributed by atoms with Crippen molar-refractivity contribution in [3.8, 4) is 0 Å². The Morgan fingerprint density at radius 3 is 2.94 bits per heavy atom. The number of benzene rings is 1. The molecule has 1 heterocycles. The maximum atomic E-state index is 11.6. The van der Waals surface area contributed by atoms with Crippen molar-refractivity contribution in [2.24, 2.45) is 0 Å². The van der Waals surface area contributed by atoms with E-state index in [0.29, 0.717) is 17.4 Å². The molecule has 0 aliphatic heterocycles. The maximum absolute atomic E-state index is 11.6. The van der Waals surface area contributed by atoms with Crippen LogP contribution in [0.4, 0.5) is 5.69 Å². The number of nitrogens with one attached hydrogen (secondary N) is 1. The zero-order valence-electron chi connectivity index (χ0n) is 10.4. The number of hydrogen-bond donors (Lipinski definition) is 2. The summed E-state index contributed by atoms with van der Waals surface area (Å²) in [6.07, 6.45) is 0.885. The average Bonchev–Trinajstić information content (AvgIpc) is 2.66. The topological polar surface area (TPSA) is 76.7 Å². The maximum Gasteiger partial charge on any atom is 0.343 e. The summed E-state index contributed by atoms with van der Waals surface area (Å²) >= 11 is 1.41. The molecule has 0 atom stereocenters. The SMILES string of the molecule is CCCn1c(Sc2ccc(C)cc2N)n[nH]c1=O. The lowest BCUT2D eigenvalue weighted by atomic mass is 10.2. The van der Waals surface area contributed by atoms with Gasteiger partial charge < -0.3 is 5.73 Å². The summed E-state index contributed by atoms with van der Waals surface area (Å²) < 4.78 is 1.63. The van der Waals surface area contributed by atoms with Gasteiger partial charge in [-0.1, -0.05) is 13.0 Å². The molecule has 0 saturated carbocycles. The predicted octanol–water partition coefficient (Wildman–Crippen LogP) is 2.02. The van der Waals surface area contributed by atoms with Crippen molar-refractivity contribution in [2.75, 3.05) is 5.73 Å². The van der Waals surface area contributed by atoms with Crippen molar-refractivity contribution >= 4 is 17.4 Å². The van der Waals surface area contributed by atoms with Crippen molar-refractivity contribution in [3.63, 3.8) is 0 Å². The van der Waals surface area contributed by atoms with Crippen LogP contribution in [0.25, 0.3) is 0 Å². The fourth-order valence-corrected chi connectivity index (χ4v) is 2.55. The average molecular weight is 264 g/mol. The normalized spacial score (nSPS) is 10.8. The van der Waals surface area contributed by atoms with Gasteiger partial charge in [0.05, 0.1) is 0 Å². The molecule has 18 heavy (non-hydrogen) atoms. The summed E-state index contributed by atoms with van der Waals surface area (Å²) in [5.74, 6) is 0. The van der Waals surface area contributed by atoms with Gasteiger partial charge in [-0.3, -0.25) is 4.57 Å². The molecule has 2 rings (SSSR count). The number of aromatic nitrogens is 3. The van der Waals surface area contributed by atoms with Gasteiger partial charge in [0.15, 0.2) is 5.16 Å². The molecule has 0 amide bonds. The summed E-state index contributed by atoms with van der Waals surface area (Å²) in [5.41, 5.74) is 7.60. The van der Waals surface area contributed by atoms with Crippen LogP contribution in [0, 0.1) is 6.92 Å². The van der Waals surface area contributed by atoms with Crippen LogP contribution in [0.3, 0.4) is 0 Å². The van der Waals surface area contributed by atoms with Crippen molar-refractivity contribution in [3.05, 3.63) is 34.2 Å². The number of nitrogen functional groups attached to an aromatic ring is 1. The highest BCUT2D eigenvalue weighted by Crippen LogP contribution is 2.30. The zero-order valence-corrected chi connectivity index (χ0v) is 11.3. The molecule has 0 fully saturated rings. The van der Waals surface area contributed by atoms with E-state index in [-0.39, 0.29) is 5.69 Å². The van der Waals surface area contributed by atoms with Gasteiger partial charge in [0.25, 0.3) is 0 Å². The molecule has 6 heteroatoms. The highest BCUT2D eigenvalue weighted by atomic mass is 32.2. The van der Waals surface area contributed by atoms with Gasteiger partial charge in [0.2, 0.25) is 0 Å². The number of aryl methyl sites for hydroxylation is 1. The minimum atomic E-state index is -0.176. The first kappa shape index (κ1) is 12.8. The first-order chi connectivity index (χ1) is 8.61. The monoisotopic (exact) mass is 264 g/mol. The standard InChI is InChI=1S/C12H16N4OS/c1-3-6-16-11(17)14-15-12(16)18-10-5-4-8(2)7-9(10)13/h4-5,7H,3,6,13H2,1-2H3,(H,14,17). The van der Waals surface area contributed by atoms with Crippen LogP contribution in [-0.4, -0.2) is 14.8 Å². The van der Waals surface area contributed by atoms with Crippen LogP contribution in [-0.2, 0) is 6.54 Å². The molecule has 2 aromatic rings. The first-order valence-corrected chi connectivity index (χ1v) is 6.62. The molecule has 3 N–H and O–H groups in total. The lowest BCUT2D eigenvalue weighted by Gasteiger charge is -2.06. The highest BCUT2D eigenvalue weighted by Gasteiger charge is 2.10. The van der Waals surface area contributed by atoms with Crippen LogP contribution >= 0.6 is 11.8 Å². The minimum Gasteiger partial charge on any atom is -0.398 e. The van der Waals surface area contributed by atoms with Crippen molar-refractivity contribution < 1.29 is 0 Å². The van der Waals surface area contributed by atoms with Crippen LogP contribution in [0.1, 0.15) is 18.9 Å². The van der Waals surface area contributed by atoms with Gasteiger partial charge in [-0.15, -0.1) is 5.10 Å². The Kier molecular flexibility index (Phi) is 3.76. The number of rotatable bonds is 4.